The number of hydrogen-bond donors (Lipinski definition) is 1. The van der Waals surface area contributed by atoms with Crippen molar-refractivity contribution in [1.29, 1.82) is 0 Å². The third kappa shape index (κ3) is 3.78. The van der Waals surface area contributed by atoms with Gasteiger partial charge in [0.25, 0.3) is 0 Å². The molecule has 1 saturated heterocycles. The van der Waals surface area contributed by atoms with Crippen LogP contribution in [0.3, 0.4) is 0 Å². The summed E-state index contributed by atoms with van der Waals surface area (Å²) in [4.78, 5) is 21.7. The summed E-state index contributed by atoms with van der Waals surface area (Å²) in [5.41, 5.74) is 1.43. The predicted octanol–water partition coefficient (Wildman–Crippen LogP) is 4.33. The number of aromatic amines is 1. The van der Waals surface area contributed by atoms with Gasteiger partial charge in [0.2, 0.25) is 0 Å². The van der Waals surface area contributed by atoms with Crippen LogP contribution in [0.4, 0.5) is 4.79 Å². The highest BCUT2D eigenvalue weighted by molar-refractivity contribution is 6.29. The van der Waals surface area contributed by atoms with Crippen LogP contribution in [-0.4, -0.2) is 39.7 Å². The van der Waals surface area contributed by atoms with Gasteiger partial charge in [0.1, 0.15) is 16.4 Å². The van der Waals surface area contributed by atoms with Crippen LogP contribution in [-0.2, 0) is 4.74 Å². The molecule has 0 radical (unpaired) electrons. The van der Waals surface area contributed by atoms with E-state index in [1.165, 1.54) is 0 Å². The van der Waals surface area contributed by atoms with Crippen molar-refractivity contribution >= 4 is 28.7 Å². The molecule has 1 amide bonds. The van der Waals surface area contributed by atoms with Crippen molar-refractivity contribution in [2.45, 2.75) is 45.1 Å². The second kappa shape index (κ2) is 6.04. The van der Waals surface area contributed by atoms with Crippen molar-refractivity contribution in [3.05, 3.63) is 29.0 Å². The molecule has 0 spiro atoms. The quantitative estimate of drug-likeness (QED) is 0.789. The maximum atomic E-state index is 12.3. The summed E-state index contributed by atoms with van der Waals surface area (Å²) < 4.78 is 5.48. The van der Waals surface area contributed by atoms with Gasteiger partial charge in [-0.3, -0.25) is 0 Å². The minimum absolute atomic E-state index is 0.237. The summed E-state index contributed by atoms with van der Waals surface area (Å²) in [6, 6.07) is 5.84. The van der Waals surface area contributed by atoms with Crippen molar-refractivity contribution in [3.63, 3.8) is 0 Å². The SMILES string of the molecule is CC(C)(C)OC(=O)N1CCC[C@H](c2cc3ccc(Cl)nc3[nH]2)C1. The largest absolute Gasteiger partial charge is 0.444 e. The number of hydrogen-bond acceptors (Lipinski definition) is 3. The van der Waals surface area contributed by atoms with Crippen LogP contribution in [0.25, 0.3) is 11.0 Å². The predicted molar refractivity (Wildman–Crippen MR) is 90.9 cm³/mol. The lowest BCUT2D eigenvalue weighted by atomic mass is 9.95. The number of piperidine rings is 1. The lowest BCUT2D eigenvalue weighted by Gasteiger charge is -2.33. The van der Waals surface area contributed by atoms with E-state index in [2.05, 4.69) is 16.0 Å². The zero-order valence-electron chi connectivity index (χ0n) is 13.7. The standard InChI is InChI=1S/C17H22ClN3O2/c1-17(2,3)23-16(22)21-8-4-5-12(10-21)13-9-11-6-7-14(18)20-15(11)19-13/h6-7,9,12H,4-5,8,10H2,1-3H3,(H,19,20)/t12-/m0/s1. The zero-order chi connectivity index (χ0) is 16.6. The number of ether oxygens (including phenoxy) is 1. The van der Waals surface area contributed by atoms with E-state index >= 15 is 0 Å². The van der Waals surface area contributed by atoms with Crippen LogP contribution in [0, 0.1) is 0 Å². The molecule has 124 valence electrons. The smallest absolute Gasteiger partial charge is 0.410 e. The molecule has 3 heterocycles. The minimum Gasteiger partial charge on any atom is -0.444 e. The van der Waals surface area contributed by atoms with Gasteiger partial charge in [-0.05, 0) is 51.8 Å². The summed E-state index contributed by atoms with van der Waals surface area (Å²) in [6.45, 7) is 7.07. The Hall–Kier alpha value is -1.75. The van der Waals surface area contributed by atoms with Gasteiger partial charge in [-0.25, -0.2) is 9.78 Å². The van der Waals surface area contributed by atoms with Crippen LogP contribution in [0.2, 0.25) is 5.15 Å². The topological polar surface area (TPSA) is 58.2 Å². The van der Waals surface area contributed by atoms with E-state index in [1.807, 2.05) is 26.8 Å². The number of carbonyl (C=O) groups is 1. The summed E-state index contributed by atoms with van der Waals surface area (Å²) >= 11 is 5.94. The molecular weight excluding hydrogens is 314 g/mol. The van der Waals surface area contributed by atoms with Crippen LogP contribution in [0.15, 0.2) is 18.2 Å². The van der Waals surface area contributed by atoms with Gasteiger partial charge in [-0.2, -0.15) is 0 Å². The number of rotatable bonds is 1. The van der Waals surface area contributed by atoms with Crippen molar-refractivity contribution in [3.8, 4) is 0 Å². The Bertz CT molecular complexity index is 720. The van der Waals surface area contributed by atoms with E-state index < -0.39 is 5.60 Å². The number of halogens is 1. The third-order valence-electron chi connectivity index (χ3n) is 3.98. The van der Waals surface area contributed by atoms with Crippen molar-refractivity contribution in [2.24, 2.45) is 0 Å². The van der Waals surface area contributed by atoms with Crippen molar-refractivity contribution < 1.29 is 9.53 Å². The lowest BCUT2D eigenvalue weighted by molar-refractivity contribution is 0.0197. The zero-order valence-corrected chi connectivity index (χ0v) is 14.5. The first-order valence-corrected chi connectivity index (χ1v) is 8.33. The highest BCUT2D eigenvalue weighted by Gasteiger charge is 2.29. The number of aromatic nitrogens is 2. The fraction of sp³-hybridized carbons (Fsp3) is 0.529. The first kappa shape index (κ1) is 16.1. The molecule has 0 unspecified atom stereocenters. The molecule has 1 aliphatic rings. The molecule has 1 atom stereocenters. The van der Waals surface area contributed by atoms with Gasteiger partial charge in [-0.1, -0.05) is 11.6 Å². The third-order valence-corrected chi connectivity index (χ3v) is 4.19. The maximum Gasteiger partial charge on any atom is 0.410 e. The van der Waals surface area contributed by atoms with E-state index in [0.29, 0.717) is 11.7 Å². The molecular formula is C17H22ClN3O2. The van der Waals surface area contributed by atoms with Gasteiger partial charge in [0.15, 0.2) is 0 Å². The van der Waals surface area contributed by atoms with Gasteiger partial charge in [0, 0.05) is 30.1 Å². The lowest BCUT2D eigenvalue weighted by Crippen LogP contribution is -2.42. The maximum absolute atomic E-state index is 12.3. The molecule has 0 aromatic carbocycles. The molecule has 5 nitrogen and oxygen atoms in total. The van der Waals surface area contributed by atoms with E-state index in [9.17, 15) is 4.79 Å². The van der Waals surface area contributed by atoms with Crippen molar-refractivity contribution in [1.82, 2.24) is 14.9 Å². The fourth-order valence-electron chi connectivity index (χ4n) is 2.95. The van der Waals surface area contributed by atoms with Crippen LogP contribution in [0.5, 0.6) is 0 Å². The molecule has 0 bridgehead atoms. The average molecular weight is 336 g/mol. The Kier molecular flexibility index (Phi) is 4.23. The second-order valence-electron chi connectivity index (χ2n) is 7.06. The number of amides is 1. The Labute approximate surface area is 141 Å². The van der Waals surface area contributed by atoms with Gasteiger partial charge >= 0.3 is 6.09 Å². The van der Waals surface area contributed by atoms with Crippen LogP contribution in [0.1, 0.15) is 45.2 Å². The van der Waals surface area contributed by atoms with Crippen LogP contribution < -0.4 is 0 Å². The van der Waals surface area contributed by atoms with E-state index in [1.54, 1.807) is 11.0 Å². The summed E-state index contributed by atoms with van der Waals surface area (Å²) in [5.74, 6) is 0.268. The Morgan fingerprint density at radius 3 is 2.96 bits per heavy atom. The normalized spacial score (nSPS) is 19.1. The number of nitrogens with one attached hydrogen (secondary N) is 1. The monoisotopic (exact) mass is 335 g/mol. The Balaban J connectivity index is 1.75. The number of fused-ring (bicyclic) bond motifs is 1. The Morgan fingerprint density at radius 2 is 2.22 bits per heavy atom. The van der Waals surface area contributed by atoms with E-state index in [0.717, 1.165) is 36.1 Å². The Morgan fingerprint density at radius 1 is 1.43 bits per heavy atom. The van der Waals surface area contributed by atoms with Gasteiger partial charge in [0.05, 0.1) is 0 Å². The summed E-state index contributed by atoms with van der Waals surface area (Å²) in [7, 11) is 0. The first-order valence-electron chi connectivity index (χ1n) is 7.95. The minimum atomic E-state index is -0.466. The number of likely N-dealkylation sites (tertiary alicyclic amines) is 1. The molecule has 0 saturated carbocycles. The first-order chi connectivity index (χ1) is 10.8. The molecule has 0 aliphatic carbocycles. The molecule has 1 aliphatic heterocycles. The van der Waals surface area contributed by atoms with Crippen molar-refractivity contribution in [2.75, 3.05) is 13.1 Å². The molecule has 2 aromatic rings. The van der Waals surface area contributed by atoms with E-state index in [-0.39, 0.29) is 12.0 Å². The number of nitrogens with zero attached hydrogens (tertiary/aromatic N) is 2. The van der Waals surface area contributed by atoms with Gasteiger partial charge < -0.3 is 14.6 Å². The number of H-pyrrole nitrogens is 1. The van der Waals surface area contributed by atoms with E-state index in [4.69, 9.17) is 16.3 Å². The molecule has 1 fully saturated rings. The second-order valence-corrected chi connectivity index (χ2v) is 7.45. The molecule has 1 N–H and O–H groups in total. The summed E-state index contributed by atoms with van der Waals surface area (Å²) in [5, 5.41) is 1.52. The highest BCUT2D eigenvalue weighted by Crippen LogP contribution is 2.29. The summed E-state index contributed by atoms with van der Waals surface area (Å²) in [6.07, 6.45) is 1.77. The molecule has 2 aromatic heterocycles. The molecule has 6 heteroatoms. The fourth-order valence-corrected chi connectivity index (χ4v) is 3.09. The van der Waals surface area contributed by atoms with Gasteiger partial charge in [-0.15, -0.1) is 0 Å². The highest BCUT2D eigenvalue weighted by atomic mass is 35.5. The average Bonchev–Trinajstić information content (AvgIpc) is 2.88. The molecule has 3 rings (SSSR count). The molecule has 23 heavy (non-hydrogen) atoms. The van der Waals surface area contributed by atoms with Crippen LogP contribution >= 0.6 is 11.6 Å². The number of pyridine rings is 1. The number of carbonyl (C=O) groups excluding carboxylic acids is 1.